The van der Waals surface area contributed by atoms with Gasteiger partial charge in [-0.3, -0.25) is 15.2 Å². The molecule has 0 heterocycles. The van der Waals surface area contributed by atoms with E-state index in [1.54, 1.807) is 6.07 Å². The fourth-order valence-electron chi connectivity index (χ4n) is 5.93. The number of ether oxygens (including phenoxy) is 3. The van der Waals surface area contributed by atoms with Crippen molar-refractivity contribution >= 4 is 23.9 Å². The lowest BCUT2D eigenvalue weighted by Gasteiger charge is -2.23. The van der Waals surface area contributed by atoms with Crippen LogP contribution in [-0.4, -0.2) is 94.1 Å². The summed E-state index contributed by atoms with van der Waals surface area (Å²) < 4.78 is 15.4. The number of unbranched alkanes of at least 4 members (excludes halogenated alkanes) is 1. The minimum absolute atomic E-state index is 0.0893. The third-order valence-electron chi connectivity index (χ3n) is 8.60. The first-order chi connectivity index (χ1) is 24.5. The summed E-state index contributed by atoms with van der Waals surface area (Å²) in [6, 6.07) is 14.6. The van der Waals surface area contributed by atoms with Crippen molar-refractivity contribution in [1.82, 2.24) is 10.7 Å². The number of methoxy groups -OCH3 is 1. The predicted molar refractivity (Wildman–Crippen MR) is 184 cm³/mol. The van der Waals surface area contributed by atoms with E-state index in [0.29, 0.717) is 50.5 Å². The van der Waals surface area contributed by atoms with Crippen LogP contribution in [0.15, 0.2) is 66.8 Å². The number of nitrogens with zero attached hydrogens (tertiary/aromatic N) is 1. The highest BCUT2D eigenvalue weighted by Crippen LogP contribution is 2.38. The summed E-state index contributed by atoms with van der Waals surface area (Å²) >= 11 is 0. The number of hydrogen-bond donors (Lipinski definition) is 6. The third-order valence-corrected chi connectivity index (χ3v) is 8.60. The van der Waals surface area contributed by atoms with Crippen LogP contribution in [0, 0.1) is 11.8 Å². The molecule has 0 aromatic heterocycles. The average molecular weight is 715 g/mol. The highest BCUT2D eigenvalue weighted by Gasteiger charge is 2.40. The van der Waals surface area contributed by atoms with E-state index >= 15 is 0 Å². The van der Waals surface area contributed by atoms with Crippen molar-refractivity contribution < 1.29 is 59.2 Å². The molecule has 1 amide bonds. The molecule has 0 unspecified atom stereocenters. The molecule has 1 fully saturated rings. The molecule has 0 spiro atoms. The maximum atomic E-state index is 12.4. The SMILES string of the molecule is COc1cc(/C=C/C(=O)OCCON(O)O)ccc1OC(=O)CNC(=O)CCC/C=C\C[C@@H]1[C@@H](CC[C@@H](O)CCc2ccccc2)[C@H](O)C[C@@H]1O. The second kappa shape index (κ2) is 22.6. The third kappa shape index (κ3) is 15.7. The highest BCUT2D eigenvalue weighted by atomic mass is 17.1. The van der Waals surface area contributed by atoms with E-state index in [2.05, 4.69) is 10.2 Å². The van der Waals surface area contributed by atoms with Crippen LogP contribution in [0.3, 0.4) is 0 Å². The first kappa shape index (κ1) is 41.3. The zero-order chi connectivity index (χ0) is 37.0. The van der Waals surface area contributed by atoms with Gasteiger partial charge in [-0.1, -0.05) is 48.6 Å². The Kier molecular flexibility index (Phi) is 18.3. The Labute approximate surface area is 297 Å². The molecule has 5 atom stereocenters. The Bertz CT molecular complexity index is 1420. The van der Waals surface area contributed by atoms with E-state index in [-0.39, 0.29) is 55.4 Å². The van der Waals surface area contributed by atoms with Gasteiger partial charge in [-0.05, 0) is 92.5 Å². The van der Waals surface area contributed by atoms with Crippen molar-refractivity contribution in [3.05, 3.63) is 77.9 Å². The summed E-state index contributed by atoms with van der Waals surface area (Å²) in [4.78, 5) is 40.7. The number of aryl methyl sites for hydroxylation is 1. The van der Waals surface area contributed by atoms with Crippen molar-refractivity contribution in [3.8, 4) is 11.5 Å². The van der Waals surface area contributed by atoms with Gasteiger partial charge in [-0.25, -0.2) is 14.4 Å². The Hall–Kier alpha value is -4.15. The summed E-state index contributed by atoms with van der Waals surface area (Å²) in [5.74, 6) is -1.54. The lowest BCUT2D eigenvalue weighted by Crippen LogP contribution is -2.31. The standard InChI is InChI=1S/C37H50N2O12/c1-48-34-23-27(15-20-36(44)49-21-22-50-39(46)47)14-19-33(34)51-37(45)25-38-35(43)12-8-3-2-7-11-29-30(32(42)24-31(29)41)18-17-28(40)16-13-26-9-5-4-6-10-26/h2,4-7,9-10,14-15,19-20,23,28-32,40-42,46-47H,3,8,11-13,16-18,21-22,24-25H2,1H3,(H,38,43)/b7-2-,20-15+/t28-,29+,30+,31-,32+/m0/s1. The fourth-order valence-corrected chi connectivity index (χ4v) is 5.93. The number of aliphatic hydroxyl groups is 3. The molecule has 0 aliphatic heterocycles. The maximum absolute atomic E-state index is 12.4. The largest absolute Gasteiger partial charge is 0.493 e. The van der Waals surface area contributed by atoms with Gasteiger partial charge < -0.3 is 34.8 Å². The summed E-state index contributed by atoms with van der Waals surface area (Å²) in [6.07, 6.45) is 9.81. The van der Waals surface area contributed by atoms with Gasteiger partial charge >= 0.3 is 11.9 Å². The summed E-state index contributed by atoms with van der Waals surface area (Å²) in [7, 11) is 1.38. The molecule has 51 heavy (non-hydrogen) atoms. The van der Waals surface area contributed by atoms with Crippen LogP contribution in [-0.2, 0) is 30.4 Å². The van der Waals surface area contributed by atoms with Gasteiger partial charge in [-0.15, -0.1) is 0 Å². The highest BCUT2D eigenvalue weighted by molar-refractivity contribution is 5.87. The number of esters is 2. The van der Waals surface area contributed by atoms with Gasteiger partial charge in [0.1, 0.15) is 19.8 Å². The number of aliphatic hydroxyl groups excluding tert-OH is 3. The van der Waals surface area contributed by atoms with Crippen LogP contribution in [0.2, 0.25) is 0 Å². The molecule has 14 heteroatoms. The van der Waals surface area contributed by atoms with Crippen molar-refractivity contribution in [1.29, 1.82) is 0 Å². The number of amides is 1. The molecule has 1 aliphatic carbocycles. The summed E-state index contributed by atoms with van der Waals surface area (Å²) in [5, 5.41) is 50.5. The monoisotopic (exact) mass is 714 g/mol. The first-order valence-corrected chi connectivity index (χ1v) is 17.1. The van der Waals surface area contributed by atoms with Crippen LogP contribution in [0.5, 0.6) is 11.5 Å². The summed E-state index contributed by atoms with van der Waals surface area (Å²) in [5.41, 5.74) is 1.72. The molecular formula is C37H50N2O12. The normalized spacial score (nSPS) is 19.4. The number of allylic oxidation sites excluding steroid dienone is 2. The topological polar surface area (TPSA) is 205 Å². The molecule has 14 nitrogen and oxygen atoms in total. The average Bonchev–Trinajstić information content (AvgIpc) is 3.39. The number of rotatable bonds is 22. The molecule has 2 aromatic carbocycles. The number of carbonyl (C=O) groups excluding carboxylic acids is 3. The van der Waals surface area contributed by atoms with E-state index in [1.807, 2.05) is 42.5 Å². The molecule has 6 N–H and O–H groups in total. The second-order valence-corrected chi connectivity index (χ2v) is 12.3. The minimum atomic E-state index is -0.699. The molecular weight excluding hydrogens is 664 g/mol. The first-order valence-electron chi connectivity index (χ1n) is 17.1. The molecule has 3 rings (SSSR count). The Morgan fingerprint density at radius 1 is 0.980 bits per heavy atom. The smallest absolute Gasteiger partial charge is 0.330 e. The van der Waals surface area contributed by atoms with Crippen molar-refractivity contribution in [3.63, 3.8) is 0 Å². The zero-order valence-electron chi connectivity index (χ0n) is 28.8. The van der Waals surface area contributed by atoms with Crippen LogP contribution in [0.1, 0.15) is 62.5 Å². The predicted octanol–water partition coefficient (Wildman–Crippen LogP) is 3.53. The Morgan fingerprint density at radius 2 is 1.75 bits per heavy atom. The maximum Gasteiger partial charge on any atom is 0.330 e. The molecule has 280 valence electrons. The Morgan fingerprint density at radius 3 is 2.49 bits per heavy atom. The van der Waals surface area contributed by atoms with Gasteiger partial charge in [0.25, 0.3) is 0 Å². The second-order valence-electron chi connectivity index (χ2n) is 12.3. The number of hydrogen-bond acceptors (Lipinski definition) is 13. The van der Waals surface area contributed by atoms with Crippen molar-refractivity contribution in [2.45, 2.75) is 76.1 Å². The van der Waals surface area contributed by atoms with E-state index in [9.17, 15) is 29.7 Å². The van der Waals surface area contributed by atoms with Crippen LogP contribution in [0.4, 0.5) is 0 Å². The van der Waals surface area contributed by atoms with E-state index in [1.165, 1.54) is 30.9 Å². The molecule has 1 aliphatic rings. The minimum Gasteiger partial charge on any atom is -0.493 e. The Balaban J connectivity index is 1.32. The van der Waals surface area contributed by atoms with E-state index in [4.69, 9.17) is 24.6 Å². The quantitative estimate of drug-likeness (QED) is 0.0258. The van der Waals surface area contributed by atoms with Gasteiger partial charge in [-0.2, -0.15) is 0 Å². The van der Waals surface area contributed by atoms with E-state index in [0.717, 1.165) is 12.5 Å². The van der Waals surface area contributed by atoms with Gasteiger partial charge in [0, 0.05) is 12.5 Å². The summed E-state index contributed by atoms with van der Waals surface area (Å²) in [6.45, 7) is -0.816. The number of benzene rings is 2. The van der Waals surface area contributed by atoms with Gasteiger partial charge in [0.2, 0.25) is 5.91 Å². The van der Waals surface area contributed by atoms with Gasteiger partial charge in [0.05, 0.1) is 30.8 Å². The van der Waals surface area contributed by atoms with Crippen LogP contribution >= 0.6 is 0 Å². The van der Waals surface area contributed by atoms with Crippen LogP contribution in [0.25, 0.3) is 6.08 Å². The van der Waals surface area contributed by atoms with Crippen LogP contribution < -0.4 is 14.8 Å². The zero-order valence-corrected chi connectivity index (χ0v) is 28.8. The number of carbonyl (C=O) groups is 3. The lowest BCUT2D eigenvalue weighted by atomic mass is 9.85. The van der Waals surface area contributed by atoms with Gasteiger partial charge in [0.15, 0.2) is 11.5 Å². The molecule has 0 radical (unpaired) electrons. The molecule has 0 saturated heterocycles. The van der Waals surface area contributed by atoms with Crippen molar-refractivity contribution in [2.75, 3.05) is 26.9 Å². The van der Waals surface area contributed by atoms with E-state index < -0.39 is 35.6 Å². The fraction of sp³-hybridized carbons (Fsp3) is 0.486. The molecule has 1 saturated carbocycles. The lowest BCUT2D eigenvalue weighted by molar-refractivity contribution is -0.493. The van der Waals surface area contributed by atoms with Crippen molar-refractivity contribution in [2.24, 2.45) is 11.8 Å². The molecule has 0 bridgehead atoms. The number of nitrogens with one attached hydrogen (secondary N) is 1. The molecule has 2 aromatic rings.